The third-order valence-electron chi connectivity index (χ3n) is 3.65. The summed E-state index contributed by atoms with van der Waals surface area (Å²) < 4.78 is 16.8. The van der Waals surface area contributed by atoms with E-state index in [1.165, 1.54) is 25.7 Å². The second kappa shape index (κ2) is 9.95. The third-order valence-corrected chi connectivity index (χ3v) is 4.32. The van der Waals surface area contributed by atoms with Gasteiger partial charge in [-0.15, -0.1) is 0 Å². The van der Waals surface area contributed by atoms with Gasteiger partial charge in [0, 0.05) is 6.10 Å². The van der Waals surface area contributed by atoms with Crippen LogP contribution in [0.2, 0.25) is 0 Å². The van der Waals surface area contributed by atoms with Crippen molar-refractivity contribution in [2.24, 2.45) is 0 Å². The molecule has 0 aromatic carbocycles. The molecule has 1 aliphatic heterocycles. The Bertz CT molecular complexity index is 193. The van der Waals surface area contributed by atoms with E-state index in [1.807, 2.05) is 0 Å². The molecule has 1 aliphatic rings. The molecule has 3 nitrogen and oxygen atoms in total. The lowest BCUT2D eigenvalue weighted by molar-refractivity contribution is 0.0224. The molecule has 0 aromatic rings. The molecule has 1 saturated heterocycles. The van der Waals surface area contributed by atoms with E-state index < -0.39 is 0 Å². The predicted octanol–water partition coefficient (Wildman–Crippen LogP) is 2.21. The summed E-state index contributed by atoms with van der Waals surface area (Å²) in [6.45, 7) is 6.13. The largest absolute Gasteiger partial charge is 0.425 e. The van der Waals surface area contributed by atoms with E-state index in [0.29, 0.717) is 18.3 Å². The Morgan fingerprint density at radius 2 is 1.89 bits per heavy atom. The average molecular weight is 274 g/mol. The first-order valence-electron chi connectivity index (χ1n) is 7.56. The molecule has 0 spiro atoms. The van der Waals surface area contributed by atoms with Crippen LogP contribution < -0.4 is 0 Å². The van der Waals surface area contributed by atoms with Gasteiger partial charge in [-0.25, -0.2) is 0 Å². The summed E-state index contributed by atoms with van der Waals surface area (Å²) in [5, 5.41) is 0. The van der Waals surface area contributed by atoms with Gasteiger partial charge in [-0.05, 0) is 25.7 Å². The van der Waals surface area contributed by atoms with Gasteiger partial charge in [0.1, 0.15) is 16.6 Å². The van der Waals surface area contributed by atoms with Gasteiger partial charge in [-0.1, -0.05) is 33.1 Å². The molecule has 3 unspecified atom stereocenters. The fraction of sp³-hybridized carbons (Fsp3) is 1.00. The first-order valence-corrected chi connectivity index (χ1v) is 8.37. The summed E-state index contributed by atoms with van der Waals surface area (Å²) in [6, 6.07) is 0. The molecule has 4 heteroatoms. The first-order chi connectivity index (χ1) is 8.80. The van der Waals surface area contributed by atoms with Crippen molar-refractivity contribution in [1.82, 2.24) is 0 Å². The van der Waals surface area contributed by atoms with Gasteiger partial charge in [0.15, 0.2) is 0 Å². The van der Waals surface area contributed by atoms with Crippen LogP contribution in [0.4, 0.5) is 0 Å². The van der Waals surface area contributed by atoms with Crippen molar-refractivity contribution in [3.8, 4) is 0 Å². The number of hydrogen-bond donors (Lipinski definition) is 0. The van der Waals surface area contributed by atoms with Gasteiger partial charge in [0.25, 0.3) is 0 Å². The topological polar surface area (TPSA) is 31.0 Å². The Hall–Kier alpha value is 0.0969. The van der Waals surface area contributed by atoms with Gasteiger partial charge in [0.05, 0.1) is 19.3 Å². The van der Waals surface area contributed by atoms with E-state index in [2.05, 4.69) is 13.8 Å². The Labute approximate surface area is 115 Å². The zero-order chi connectivity index (χ0) is 13.2. The first kappa shape index (κ1) is 16.2. The van der Waals surface area contributed by atoms with Crippen LogP contribution in [0.3, 0.4) is 0 Å². The minimum Gasteiger partial charge on any atom is -0.425 e. The van der Waals surface area contributed by atoms with Crippen LogP contribution in [-0.2, 0) is 13.9 Å². The quantitative estimate of drug-likeness (QED) is 0.311. The van der Waals surface area contributed by atoms with Crippen molar-refractivity contribution in [2.45, 2.75) is 77.1 Å². The van der Waals surface area contributed by atoms with Gasteiger partial charge in [-0.3, -0.25) is 0 Å². The van der Waals surface area contributed by atoms with Crippen LogP contribution in [0, 0.1) is 0 Å². The molecule has 0 amide bonds. The molecule has 3 atom stereocenters. The highest BCUT2D eigenvalue weighted by Gasteiger charge is 2.24. The second-order valence-corrected chi connectivity index (χ2v) is 5.72. The molecule has 0 aromatic heterocycles. The zero-order valence-corrected chi connectivity index (χ0v) is 14.3. The highest BCUT2D eigenvalue weighted by atomic mass is 28.2. The van der Waals surface area contributed by atoms with Crippen LogP contribution in [0.5, 0.6) is 0 Å². The standard InChI is InChI=1S/C14H30O3Si/c1-3-5-6-7-13(15-10-14-11-16-14)9-8-12(4-2)17-18/h12-14H,3-11H2,1-2,18H3. The smallest absolute Gasteiger partial charge is 0.146 e. The highest BCUT2D eigenvalue weighted by molar-refractivity contribution is 5.98. The Morgan fingerprint density at radius 3 is 2.44 bits per heavy atom. The molecule has 0 bridgehead atoms. The van der Waals surface area contributed by atoms with Crippen molar-refractivity contribution in [1.29, 1.82) is 0 Å². The minimum atomic E-state index is 0.385. The average Bonchev–Trinajstić information content (AvgIpc) is 3.20. The number of epoxide rings is 1. The van der Waals surface area contributed by atoms with E-state index in [4.69, 9.17) is 13.9 Å². The lowest BCUT2D eigenvalue weighted by atomic mass is 10.0. The molecule has 1 rings (SSSR count). The summed E-state index contributed by atoms with van der Waals surface area (Å²) in [4.78, 5) is 0. The lowest BCUT2D eigenvalue weighted by Gasteiger charge is -2.20. The molecule has 0 saturated carbocycles. The molecule has 0 radical (unpaired) electrons. The number of unbranched alkanes of at least 4 members (excludes halogenated alkanes) is 2. The van der Waals surface area contributed by atoms with Crippen molar-refractivity contribution < 1.29 is 13.9 Å². The number of rotatable bonds is 12. The molecular weight excluding hydrogens is 244 g/mol. The van der Waals surface area contributed by atoms with Crippen molar-refractivity contribution in [3.05, 3.63) is 0 Å². The minimum absolute atomic E-state index is 0.385. The fourth-order valence-corrected chi connectivity index (χ4v) is 2.77. The van der Waals surface area contributed by atoms with Crippen LogP contribution in [0.1, 0.15) is 58.8 Å². The molecule has 0 aliphatic carbocycles. The van der Waals surface area contributed by atoms with Crippen molar-refractivity contribution >= 4 is 10.5 Å². The fourth-order valence-electron chi connectivity index (χ4n) is 2.20. The van der Waals surface area contributed by atoms with Gasteiger partial charge >= 0.3 is 0 Å². The molecule has 1 fully saturated rings. The molecule has 18 heavy (non-hydrogen) atoms. The van der Waals surface area contributed by atoms with E-state index >= 15 is 0 Å². The predicted molar refractivity (Wildman–Crippen MR) is 78.0 cm³/mol. The summed E-state index contributed by atoms with van der Waals surface area (Å²) in [7, 11) is 0.844. The Kier molecular flexibility index (Phi) is 8.93. The van der Waals surface area contributed by atoms with Crippen LogP contribution in [0.15, 0.2) is 0 Å². The summed E-state index contributed by atoms with van der Waals surface area (Å²) >= 11 is 0. The number of hydrogen-bond acceptors (Lipinski definition) is 3. The van der Waals surface area contributed by atoms with Gasteiger partial charge in [0.2, 0.25) is 0 Å². The van der Waals surface area contributed by atoms with E-state index in [1.54, 1.807) is 0 Å². The van der Waals surface area contributed by atoms with Crippen LogP contribution in [0.25, 0.3) is 0 Å². The van der Waals surface area contributed by atoms with Crippen molar-refractivity contribution in [3.63, 3.8) is 0 Å². The van der Waals surface area contributed by atoms with Crippen molar-refractivity contribution in [2.75, 3.05) is 13.2 Å². The summed E-state index contributed by atoms with van der Waals surface area (Å²) in [5.74, 6) is 0. The molecule has 108 valence electrons. The van der Waals surface area contributed by atoms with Crippen LogP contribution in [-0.4, -0.2) is 42.0 Å². The maximum Gasteiger partial charge on any atom is 0.146 e. The second-order valence-electron chi connectivity index (χ2n) is 5.25. The zero-order valence-electron chi connectivity index (χ0n) is 12.3. The van der Waals surface area contributed by atoms with E-state index in [-0.39, 0.29) is 0 Å². The summed E-state index contributed by atoms with van der Waals surface area (Å²) in [5.41, 5.74) is 0. The maximum atomic E-state index is 5.98. The van der Waals surface area contributed by atoms with E-state index in [0.717, 1.165) is 43.0 Å². The third kappa shape index (κ3) is 7.51. The van der Waals surface area contributed by atoms with Gasteiger partial charge in [-0.2, -0.15) is 0 Å². The maximum absolute atomic E-state index is 5.98. The SMILES string of the molecule is CCCCCC(CCC(CC)O[SiH3])OCC1CO1. The normalized spacial score (nSPS) is 22.0. The Morgan fingerprint density at radius 1 is 1.17 bits per heavy atom. The Balaban J connectivity index is 2.18. The number of ether oxygens (including phenoxy) is 2. The van der Waals surface area contributed by atoms with Crippen LogP contribution >= 0.6 is 0 Å². The summed E-state index contributed by atoms with van der Waals surface area (Å²) in [6.07, 6.45) is 9.71. The van der Waals surface area contributed by atoms with Gasteiger partial charge < -0.3 is 13.9 Å². The lowest BCUT2D eigenvalue weighted by Crippen LogP contribution is -2.20. The molecule has 1 heterocycles. The monoisotopic (exact) mass is 274 g/mol. The highest BCUT2D eigenvalue weighted by Crippen LogP contribution is 2.18. The van der Waals surface area contributed by atoms with E-state index in [9.17, 15) is 0 Å². The molecular formula is C14H30O3Si. The molecule has 0 N–H and O–H groups in total.